The summed E-state index contributed by atoms with van der Waals surface area (Å²) in [6.45, 7) is 4.22. The van der Waals surface area contributed by atoms with Gasteiger partial charge in [-0.05, 0) is 47.9 Å². The van der Waals surface area contributed by atoms with Gasteiger partial charge in [0.15, 0.2) is 0 Å². The van der Waals surface area contributed by atoms with E-state index in [4.69, 9.17) is 0 Å². The number of carbonyl (C=O) groups is 1. The maximum atomic E-state index is 11.9. The van der Waals surface area contributed by atoms with Crippen LogP contribution >= 0.6 is 0 Å². The summed E-state index contributed by atoms with van der Waals surface area (Å²) in [6, 6.07) is 13.7. The second-order valence-corrected chi connectivity index (χ2v) is 6.04. The first-order chi connectivity index (χ1) is 10.9. The molecular formula is C16H19N3O3S. The number of anilines is 3. The summed E-state index contributed by atoms with van der Waals surface area (Å²) >= 11 is 0. The van der Waals surface area contributed by atoms with Gasteiger partial charge in [0.05, 0.1) is 0 Å². The van der Waals surface area contributed by atoms with E-state index in [1.807, 2.05) is 24.3 Å². The molecule has 2 amide bonds. The molecule has 0 aliphatic heterocycles. The maximum Gasteiger partial charge on any atom is 0.323 e. The summed E-state index contributed by atoms with van der Waals surface area (Å²) < 4.78 is 23.4. The Balaban J connectivity index is 1.93. The van der Waals surface area contributed by atoms with Crippen LogP contribution in [0.25, 0.3) is 0 Å². The minimum atomic E-state index is -2.69. The first kappa shape index (κ1) is 16.8. The lowest BCUT2D eigenvalue weighted by molar-refractivity contribution is 0.262. The molecule has 0 saturated carbocycles. The van der Waals surface area contributed by atoms with Crippen LogP contribution in [0.2, 0.25) is 0 Å². The number of benzene rings is 2. The Bertz CT molecular complexity index is 730. The smallest absolute Gasteiger partial charge is 0.308 e. The summed E-state index contributed by atoms with van der Waals surface area (Å²) in [5.41, 5.74) is 2.91. The quantitative estimate of drug-likeness (QED) is 0.633. The fourth-order valence-electron chi connectivity index (χ4n) is 1.98. The van der Waals surface area contributed by atoms with Crippen molar-refractivity contribution in [3.63, 3.8) is 0 Å². The predicted octanol–water partition coefficient (Wildman–Crippen LogP) is 3.39. The molecule has 7 heteroatoms. The van der Waals surface area contributed by atoms with E-state index >= 15 is 0 Å². The average Bonchev–Trinajstić information content (AvgIpc) is 2.49. The van der Waals surface area contributed by atoms with E-state index in [2.05, 4.69) is 29.2 Å². The molecule has 3 N–H and O–H groups in total. The number of hydrogen-bond donors (Lipinski definition) is 4. The Kier molecular flexibility index (Phi) is 5.59. The van der Waals surface area contributed by atoms with E-state index < -0.39 is 10.9 Å². The van der Waals surface area contributed by atoms with Crippen LogP contribution < -0.4 is 15.4 Å². The van der Waals surface area contributed by atoms with Crippen LogP contribution in [0.5, 0.6) is 0 Å². The van der Waals surface area contributed by atoms with Gasteiger partial charge in [0.25, 0.3) is 0 Å². The molecule has 0 unspecified atom stereocenters. The monoisotopic (exact) mass is 333 g/mol. The zero-order valence-corrected chi connectivity index (χ0v) is 13.8. The number of carbonyl (C=O) groups excluding carboxylic acids is 1. The molecule has 2 aromatic rings. The molecule has 2 rings (SSSR count). The Morgan fingerprint density at radius 3 is 1.70 bits per heavy atom. The van der Waals surface area contributed by atoms with Gasteiger partial charge in [0.1, 0.15) is 0 Å². The van der Waals surface area contributed by atoms with Crippen molar-refractivity contribution in [2.24, 2.45) is 0 Å². The van der Waals surface area contributed by atoms with Gasteiger partial charge >= 0.3 is 6.03 Å². The van der Waals surface area contributed by atoms with Crippen molar-refractivity contribution in [3.05, 3.63) is 54.1 Å². The minimum Gasteiger partial charge on any atom is -0.308 e. The van der Waals surface area contributed by atoms with Crippen LogP contribution in [0.1, 0.15) is 25.3 Å². The lowest BCUT2D eigenvalue weighted by Crippen LogP contribution is -2.19. The van der Waals surface area contributed by atoms with Crippen molar-refractivity contribution in [2.45, 2.75) is 19.8 Å². The molecule has 0 spiro atoms. The Hall–Kier alpha value is -2.54. The molecule has 122 valence electrons. The van der Waals surface area contributed by atoms with Crippen molar-refractivity contribution in [3.8, 4) is 0 Å². The molecule has 0 bridgehead atoms. The fraction of sp³-hybridized carbons (Fsp3) is 0.188. The highest BCUT2D eigenvalue weighted by atomic mass is 32.2. The van der Waals surface area contributed by atoms with E-state index in [0.717, 1.165) is 0 Å². The van der Waals surface area contributed by atoms with Gasteiger partial charge in [0, 0.05) is 17.1 Å². The lowest BCUT2D eigenvalue weighted by atomic mass is 10.0. The summed E-state index contributed by atoms with van der Waals surface area (Å²) in [5.74, 6) is 0.439. The predicted molar refractivity (Wildman–Crippen MR) is 93.6 cm³/mol. The van der Waals surface area contributed by atoms with Gasteiger partial charge in [0.2, 0.25) is 10.9 Å². The molecule has 0 atom stereocenters. The highest BCUT2D eigenvalue weighted by Gasteiger charge is 2.04. The molecule has 0 fully saturated rings. The average molecular weight is 333 g/mol. The molecule has 0 aromatic heterocycles. The van der Waals surface area contributed by atoms with Crippen LogP contribution in [0, 0.1) is 0 Å². The third-order valence-corrected chi connectivity index (χ3v) is 3.64. The number of thiol groups is 1. The molecule has 0 aliphatic carbocycles. The molecular weight excluding hydrogens is 314 g/mol. The molecule has 23 heavy (non-hydrogen) atoms. The van der Waals surface area contributed by atoms with Crippen molar-refractivity contribution < 1.29 is 13.2 Å². The summed E-state index contributed by atoms with van der Waals surface area (Å²) in [7, 11) is -2.69. The Morgan fingerprint density at radius 2 is 1.26 bits per heavy atom. The first-order valence-corrected chi connectivity index (χ1v) is 8.31. The zero-order valence-electron chi connectivity index (χ0n) is 12.9. The lowest BCUT2D eigenvalue weighted by Gasteiger charge is -2.10. The number of nitrogens with one attached hydrogen (secondary N) is 3. The molecule has 0 saturated heterocycles. The highest BCUT2D eigenvalue weighted by molar-refractivity contribution is 7.73. The first-order valence-electron chi connectivity index (χ1n) is 7.13. The van der Waals surface area contributed by atoms with Gasteiger partial charge < -0.3 is 10.6 Å². The van der Waals surface area contributed by atoms with Crippen molar-refractivity contribution in [1.29, 1.82) is 0 Å². The van der Waals surface area contributed by atoms with Crippen LogP contribution in [0.3, 0.4) is 0 Å². The second-order valence-electron chi connectivity index (χ2n) is 5.30. The van der Waals surface area contributed by atoms with Crippen LogP contribution in [-0.2, 0) is 10.9 Å². The summed E-state index contributed by atoms with van der Waals surface area (Å²) in [4.78, 5) is 11.9. The largest absolute Gasteiger partial charge is 0.323 e. The highest BCUT2D eigenvalue weighted by Crippen LogP contribution is 2.18. The second kappa shape index (κ2) is 7.64. The molecule has 2 aromatic carbocycles. The topological polar surface area (TPSA) is 87.3 Å². The van der Waals surface area contributed by atoms with Gasteiger partial charge in [-0.1, -0.05) is 26.0 Å². The third-order valence-electron chi connectivity index (χ3n) is 3.20. The Morgan fingerprint density at radius 1 is 0.826 bits per heavy atom. The van der Waals surface area contributed by atoms with Crippen LogP contribution in [0.4, 0.5) is 21.9 Å². The van der Waals surface area contributed by atoms with E-state index in [9.17, 15) is 13.2 Å². The molecule has 6 nitrogen and oxygen atoms in total. The number of hydrogen-bond acceptors (Lipinski definition) is 3. The zero-order chi connectivity index (χ0) is 16.8. The molecule has 0 heterocycles. The summed E-state index contributed by atoms with van der Waals surface area (Å²) in [6.07, 6.45) is 0. The summed E-state index contributed by atoms with van der Waals surface area (Å²) in [5, 5.41) is 5.42. The molecule has 0 radical (unpaired) electrons. The minimum absolute atomic E-state index is 0.363. The van der Waals surface area contributed by atoms with Gasteiger partial charge in [-0.3, -0.25) is 4.72 Å². The number of urea groups is 1. The van der Waals surface area contributed by atoms with Crippen LogP contribution in [-0.4, -0.2) is 14.4 Å². The van der Waals surface area contributed by atoms with Gasteiger partial charge in [-0.2, -0.15) is 0 Å². The fourth-order valence-corrected chi connectivity index (χ4v) is 2.34. The number of rotatable bonds is 5. The van der Waals surface area contributed by atoms with Crippen molar-refractivity contribution in [1.82, 2.24) is 0 Å². The SMILES string of the molecule is CC(C)c1ccc(NC(=O)Nc2ccc(N[SH](=O)=O)cc2)cc1. The molecule has 0 aliphatic rings. The maximum absolute atomic E-state index is 11.9. The van der Waals surface area contributed by atoms with E-state index in [0.29, 0.717) is 23.0 Å². The van der Waals surface area contributed by atoms with E-state index in [1.165, 1.54) is 5.56 Å². The van der Waals surface area contributed by atoms with Gasteiger partial charge in [-0.25, -0.2) is 13.2 Å². The Labute approximate surface area is 137 Å². The third kappa shape index (κ3) is 5.30. The van der Waals surface area contributed by atoms with Crippen molar-refractivity contribution >= 4 is 34.0 Å². The standard InChI is InChI=1S/C16H19N3O3S/c1-11(2)12-3-5-13(6-4-12)17-16(20)18-14-7-9-15(10-8-14)19-23(21)22/h3-11,23H,1-2H3,(H2,17,18,20)(H,19,21,22). The van der Waals surface area contributed by atoms with Gasteiger partial charge in [-0.15, -0.1) is 0 Å². The normalized spacial score (nSPS) is 10.6. The number of amides is 2. The van der Waals surface area contributed by atoms with E-state index in [-0.39, 0.29) is 6.03 Å². The van der Waals surface area contributed by atoms with Crippen LogP contribution in [0.15, 0.2) is 48.5 Å². The van der Waals surface area contributed by atoms with E-state index in [1.54, 1.807) is 24.3 Å². The van der Waals surface area contributed by atoms with Crippen molar-refractivity contribution in [2.75, 3.05) is 15.4 Å².